The van der Waals surface area contributed by atoms with E-state index in [4.69, 9.17) is 0 Å². The monoisotopic (exact) mass is 453 g/mol. The molecule has 1 aromatic heterocycles. The largest absolute Gasteiger partial charge is 0.416 e. The fraction of sp³-hybridized carbons (Fsp3) is 0.0952. The van der Waals surface area contributed by atoms with Crippen molar-refractivity contribution < 1.29 is 35.9 Å². The first kappa shape index (κ1) is 22.8. The van der Waals surface area contributed by atoms with Crippen LogP contribution in [-0.2, 0) is 12.4 Å². The van der Waals surface area contributed by atoms with Gasteiger partial charge in [-0.1, -0.05) is 12.1 Å². The number of anilines is 2. The van der Waals surface area contributed by atoms with Crippen LogP contribution < -0.4 is 10.6 Å². The molecule has 0 radical (unpaired) electrons. The molecule has 0 aliphatic rings. The molecular formula is C21H13F6N3O2. The molecule has 0 unspecified atom stereocenters. The van der Waals surface area contributed by atoms with Crippen LogP contribution in [-0.4, -0.2) is 16.8 Å². The lowest BCUT2D eigenvalue weighted by Gasteiger charge is -2.13. The van der Waals surface area contributed by atoms with Crippen molar-refractivity contribution >= 4 is 23.2 Å². The van der Waals surface area contributed by atoms with Crippen LogP contribution in [0.3, 0.4) is 0 Å². The maximum absolute atomic E-state index is 12.9. The van der Waals surface area contributed by atoms with Gasteiger partial charge in [-0.15, -0.1) is 0 Å². The molecule has 0 fully saturated rings. The smallest absolute Gasteiger partial charge is 0.320 e. The number of rotatable bonds is 4. The zero-order valence-electron chi connectivity index (χ0n) is 15.9. The van der Waals surface area contributed by atoms with Gasteiger partial charge in [-0.2, -0.15) is 26.3 Å². The van der Waals surface area contributed by atoms with Crippen molar-refractivity contribution in [1.29, 1.82) is 0 Å². The Morgan fingerprint density at radius 2 is 1.16 bits per heavy atom. The number of amides is 2. The molecule has 3 rings (SSSR count). The predicted octanol–water partition coefficient (Wildman–Crippen LogP) is 5.62. The van der Waals surface area contributed by atoms with Crippen LogP contribution in [0.15, 0.2) is 67.0 Å². The standard InChI is InChI=1S/C21H13F6N3O2/c22-20(23,24)14-5-1-3-12(9-14)18(31)29-16-7-8-28-11-17(16)30-19(32)13-4-2-6-15(10-13)21(25,26)27/h1-11H,(H,30,32)(H,28,29,31). The van der Waals surface area contributed by atoms with E-state index in [0.717, 1.165) is 30.5 Å². The van der Waals surface area contributed by atoms with Crippen molar-refractivity contribution in [2.75, 3.05) is 10.6 Å². The Bertz CT molecular complexity index is 1070. The summed E-state index contributed by atoms with van der Waals surface area (Å²) in [5, 5.41) is 4.69. The van der Waals surface area contributed by atoms with Crippen molar-refractivity contribution in [3.8, 4) is 0 Å². The second kappa shape index (κ2) is 8.69. The van der Waals surface area contributed by atoms with Crippen LogP contribution in [0.1, 0.15) is 31.8 Å². The number of hydrogen-bond acceptors (Lipinski definition) is 3. The number of benzene rings is 2. The van der Waals surface area contributed by atoms with Crippen LogP contribution >= 0.6 is 0 Å². The second-order valence-electron chi connectivity index (χ2n) is 6.49. The highest BCUT2D eigenvalue weighted by Gasteiger charge is 2.32. The van der Waals surface area contributed by atoms with Crippen LogP contribution in [0.2, 0.25) is 0 Å². The number of halogens is 6. The number of nitrogens with one attached hydrogen (secondary N) is 2. The molecule has 32 heavy (non-hydrogen) atoms. The minimum absolute atomic E-state index is 0.0114. The number of carbonyl (C=O) groups excluding carboxylic acids is 2. The third-order valence-electron chi connectivity index (χ3n) is 4.22. The van der Waals surface area contributed by atoms with E-state index >= 15 is 0 Å². The Hall–Kier alpha value is -3.89. The highest BCUT2D eigenvalue weighted by molar-refractivity contribution is 6.09. The Labute approximate surface area is 177 Å². The summed E-state index contributed by atoms with van der Waals surface area (Å²) >= 11 is 0. The van der Waals surface area contributed by atoms with Gasteiger partial charge in [0.25, 0.3) is 11.8 Å². The summed E-state index contributed by atoms with van der Waals surface area (Å²) in [6, 6.07) is 8.69. The zero-order valence-corrected chi connectivity index (χ0v) is 15.9. The van der Waals surface area contributed by atoms with Crippen LogP contribution in [0.5, 0.6) is 0 Å². The van der Waals surface area contributed by atoms with Gasteiger partial charge in [0.15, 0.2) is 0 Å². The third kappa shape index (κ3) is 5.42. The Morgan fingerprint density at radius 1 is 0.688 bits per heavy atom. The van der Waals surface area contributed by atoms with Gasteiger partial charge in [-0.05, 0) is 42.5 Å². The lowest BCUT2D eigenvalue weighted by molar-refractivity contribution is -0.138. The Kier molecular flexibility index (Phi) is 6.19. The van der Waals surface area contributed by atoms with Gasteiger partial charge in [-0.3, -0.25) is 14.6 Å². The van der Waals surface area contributed by atoms with Gasteiger partial charge >= 0.3 is 12.4 Å². The molecule has 2 amide bonds. The number of nitrogens with zero attached hydrogens (tertiary/aromatic N) is 1. The minimum atomic E-state index is -4.64. The highest BCUT2D eigenvalue weighted by atomic mass is 19.4. The molecular weight excluding hydrogens is 440 g/mol. The van der Waals surface area contributed by atoms with Gasteiger partial charge in [0.2, 0.25) is 0 Å². The third-order valence-corrected chi connectivity index (χ3v) is 4.22. The van der Waals surface area contributed by atoms with E-state index in [2.05, 4.69) is 15.6 Å². The van der Waals surface area contributed by atoms with E-state index < -0.39 is 35.3 Å². The molecule has 0 saturated heterocycles. The van der Waals surface area contributed by atoms with Crippen molar-refractivity contribution in [2.45, 2.75) is 12.4 Å². The molecule has 0 aliphatic heterocycles. The van der Waals surface area contributed by atoms with E-state index in [9.17, 15) is 35.9 Å². The maximum Gasteiger partial charge on any atom is 0.416 e. The summed E-state index contributed by atoms with van der Waals surface area (Å²) < 4.78 is 77.2. The van der Waals surface area contributed by atoms with Crippen LogP contribution in [0.25, 0.3) is 0 Å². The fourth-order valence-corrected chi connectivity index (χ4v) is 2.67. The number of alkyl halides is 6. The maximum atomic E-state index is 12.9. The topological polar surface area (TPSA) is 71.1 Å². The number of hydrogen-bond donors (Lipinski definition) is 2. The first-order chi connectivity index (χ1) is 14.9. The summed E-state index contributed by atoms with van der Waals surface area (Å²) in [4.78, 5) is 28.6. The molecule has 0 spiro atoms. The van der Waals surface area contributed by atoms with Crippen LogP contribution in [0.4, 0.5) is 37.7 Å². The molecule has 11 heteroatoms. The second-order valence-corrected chi connectivity index (χ2v) is 6.49. The molecule has 1 heterocycles. The molecule has 0 saturated carbocycles. The van der Waals surface area contributed by atoms with E-state index in [1.807, 2.05) is 0 Å². The van der Waals surface area contributed by atoms with Crippen molar-refractivity contribution in [2.24, 2.45) is 0 Å². The zero-order chi connectivity index (χ0) is 23.5. The van der Waals surface area contributed by atoms with Gasteiger partial charge in [0.1, 0.15) is 0 Å². The summed E-state index contributed by atoms with van der Waals surface area (Å²) in [5.41, 5.74) is -2.68. The summed E-state index contributed by atoms with van der Waals surface area (Å²) in [6.07, 6.45) is -6.90. The van der Waals surface area contributed by atoms with E-state index in [1.165, 1.54) is 24.4 Å². The quantitative estimate of drug-likeness (QED) is 0.504. The Morgan fingerprint density at radius 3 is 1.62 bits per heavy atom. The van der Waals surface area contributed by atoms with E-state index in [-0.39, 0.29) is 22.5 Å². The van der Waals surface area contributed by atoms with Gasteiger partial charge in [0.05, 0.1) is 28.7 Å². The normalized spacial score (nSPS) is 11.7. The average molecular weight is 453 g/mol. The first-order valence-electron chi connectivity index (χ1n) is 8.86. The highest BCUT2D eigenvalue weighted by Crippen LogP contribution is 2.31. The number of aromatic nitrogens is 1. The predicted molar refractivity (Wildman–Crippen MR) is 103 cm³/mol. The van der Waals surface area contributed by atoms with Crippen LogP contribution in [0, 0.1) is 0 Å². The van der Waals surface area contributed by atoms with Crippen molar-refractivity contribution in [1.82, 2.24) is 4.98 Å². The molecule has 0 atom stereocenters. The van der Waals surface area contributed by atoms with E-state index in [0.29, 0.717) is 12.1 Å². The molecule has 5 nitrogen and oxygen atoms in total. The lowest BCUT2D eigenvalue weighted by atomic mass is 10.1. The first-order valence-corrected chi connectivity index (χ1v) is 8.86. The summed E-state index contributed by atoms with van der Waals surface area (Å²) in [7, 11) is 0. The van der Waals surface area contributed by atoms with Crippen molar-refractivity contribution in [3.63, 3.8) is 0 Å². The molecule has 2 aromatic carbocycles. The molecule has 166 valence electrons. The summed E-state index contributed by atoms with van der Waals surface area (Å²) in [6.45, 7) is 0. The fourth-order valence-electron chi connectivity index (χ4n) is 2.67. The summed E-state index contributed by atoms with van der Waals surface area (Å²) in [5.74, 6) is -1.80. The minimum Gasteiger partial charge on any atom is -0.320 e. The lowest BCUT2D eigenvalue weighted by Crippen LogP contribution is -2.18. The van der Waals surface area contributed by atoms with E-state index in [1.54, 1.807) is 0 Å². The van der Waals surface area contributed by atoms with Gasteiger partial charge < -0.3 is 10.6 Å². The van der Waals surface area contributed by atoms with Gasteiger partial charge in [-0.25, -0.2) is 0 Å². The number of carbonyl (C=O) groups is 2. The molecule has 3 aromatic rings. The SMILES string of the molecule is O=C(Nc1ccncc1NC(=O)c1cccc(C(F)(F)F)c1)c1cccc(C(F)(F)F)c1. The molecule has 2 N–H and O–H groups in total. The molecule has 0 aliphatic carbocycles. The Balaban J connectivity index is 1.81. The molecule has 0 bridgehead atoms. The van der Waals surface area contributed by atoms with Crippen molar-refractivity contribution in [3.05, 3.63) is 89.2 Å². The number of pyridine rings is 1. The van der Waals surface area contributed by atoms with Gasteiger partial charge in [0, 0.05) is 17.3 Å². The average Bonchev–Trinajstić information content (AvgIpc) is 2.74.